The molecular formula is C17H15NS. The van der Waals surface area contributed by atoms with E-state index < -0.39 is 0 Å². The summed E-state index contributed by atoms with van der Waals surface area (Å²) in [5, 5.41) is 11.1. The Labute approximate surface area is 118 Å². The first-order chi connectivity index (χ1) is 9.35. The molecule has 0 N–H and O–H groups in total. The van der Waals surface area contributed by atoms with Crippen LogP contribution in [0.4, 0.5) is 0 Å². The number of thiocyanates is 1. The van der Waals surface area contributed by atoms with E-state index in [1.807, 2.05) is 0 Å². The molecule has 4 aliphatic carbocycles. The second-order valence-electron chi connectivity index (χ2n) is 4.95. The highest BCUT2D eigenvalue weighted by atomic mass is 32.2. The smallest absolute Gasteiger partial charge is 0.138 e. The number of aryl methyl sites for hydroxylation is 4. The molecule has 0 unspecified atom stereocenters. The second kappa shape index (κ2) is 5.50. The number of benzene rings is 2. The van der Waals surface area contributed by atoms with Gasteiger partial charge in [0.2, 0.25) is 0 Å². The van der Waals surface area contributed by atoms with Crippen molar-refractivity contribution in [2.45, 2.75) is 30.6 Å². The molecular weight excluding hydrogens is 250 g/mol. The van der Waals surface area contributed by atoms with Crippen LogP contribution in [-0.2, 0) is 25.7 Å². The van der Waals surface area contributed by atoms with Crippen LogP contribution in [0.25, 0.3) is 0 Å². The van der Waals surface area contributed by atoms with Crippen molar-refractivity contribution in [2.75, 3.05) is 0 Å². The van der Waals surface area contributed by atoms with Gasteiger partial charge < -0.3 is 0 Å². The molecule has 2 aromatic carbocycles. The highest BCUT2D eigenvalue weighted by Crippen LogP contribution is 2.26. The third-order valence-corrected chi connectivity index (χ3v) is 4.39. The molecule has 4 aliphatic rings. The molecule has 1 nitrogen and oxygen atoms in total. The molecule has 0 aliphatic heterocycles. The minimum absolute atomic E-state index is 1.00. The van der Waals surface area contributed by atoms with Gasteiger partial charge in [0.15, 0.2) is 0 Å². The molecule has 0 spiro atoms. The molecule has 0 saturated carbocycles. The molecule has 2 heteroatoms. The standard InChI is InChI=1S/C17H15NS/c18-12-19-17-11-15-6-5-13-1-3-14(4-2-13)7-9-16(17)10-8-15/h1-4,8,10-11H,5-7,9H2. The first-order valence-corrected chi connectivity index (χ1v) is 7.42. The summed E-state index contributed by atoms with van der Waals surface area (Å²) in [6.45, 7) is 0. The first kappa shape index (κ1) is 12.3. The number of hydrogen-bond acceptors (Lipinski definition) is 2. The molecule has 2 aromatic rings. The van der Waals surface area contributed by atoms with Crippen molar-refractivity contribution in [1.82, 2.24) is 0 Å². The van der Waals surface area contributed by atoms with Gasteiger partial charge in [0.05, 0.1) is 0 Å². The molecule has 0 amide bonds. The fourth-order valence-electron chi connectivity index (χ4n) is 2.55. The minimum atomic E-state index is 1.00. The molecule has 0 saturated heterocycles. The molecule has 0 heterocycles. The van der Waals surface area contributed by atoms with E-state index in [2.05, 4.69) is 47.9 Å². The second-order valence-corrected chi connectivity index (χ2v) is 5.78. The number of hydrogen-bond donors (Lipinski definition) is 0. The van der Waals surface area contributed by atoms with Crippen molar-refractivity contribution < 1.29 is 0 Å². The average molecular weight is 265 g/mol. The van der Waals surface area contributed by atoms with Gasteiger partial charge in [-0.15, -0.1) is 0 Å². The summed E-state index contributed by atoms with van der Waals surface area (Å²) in [6, 6.07) is 15.6. The van der Waals surface area contributed by atoms with Crippen molar-refractivity contribution in [2.24, 2.45) is 0 Å². The van der Waals surface area contributed by atoms with E-state index in [4.69, 9.17) is 5.26 Å². The van der Waals surface area contributed by atoms with E-state index in [9.17, 15) is 0 Å². The Kier molecular flexibility index (Phi) is 3.57. The van der Waals surface area contributed by atoms with Crippen LogP contribution in [0.5, 0.6) is 0 Å². The van der Waals surface area contributed by atoms with Crippen LogP contribution in [-0.4, -0.2) is 0 Å². The fraction of sp³-hybridized carbons (Fsp3) is 0.235. The zero-order chi connectivity index (χ0) is 13.1. The zero-order valence-electron chi connectivity index (χ0n) is 10.7. The zero-order valence-corrected chi connectivity index (χ0v) is 11.5. The van der Waals surface area contributed by atoms with Crippen LogP contribution in [0.2, 0.25) is 0 Å². The van der Waals surface area contributed by atoms with Crippen molar-refractivity contribution in [3.05, 3.63) is 64.7 Å². The number of nitriles is 1. The Bertz CT molecular complexity index is 623. The van der Waals surface area contributed by atoms with E-state index in [-0.39, 0.29) is 0 Å². The van der Waals surface area contributed by atoms with Gasteiger partial charge in [-0.3, -0.25) is 0 Å². The molecule has 4 bridgehead atoms. The SMILES string of the molecule is N#CSc1cc2ccc1CCc1ccc(cc1)CC2. The molecule has 0 radical (unpaired) electrons. The Morgan fingerprint density at radius 2 is 1.37 bits per heavy atom. The molecule has 0 fully saturated rings. The third kappa shape index (κ3) is 2.83. The number of thioether (sulfide) groups is 1. The predicted molar refractivity (Wildman–Crippen MR) is 79.2 cm³/mol. The van der Waals surface area contributed by atoms with Gasteiger partial charge in [0.25, 0.3) is 0 Å². The molecule has 19 heavy (non-hydrogen) atoms. The van der Waals surface area contributed by atoms with Gasteiger partial charge in [-0.25, -0.2) is 0 Å². The Morgan fingerprint density at radius 1 is 0.789 bits per heavy atom. The maximum atomic E-state index is 8.93. The summed E-state index contributed by atoms with van der Waals surface area (Å²) < 4.78 is 0. The molecule has 94 valence electrons. The van der Waals surface area contributed by atoms with Crippen molar-refractivity contribution in [3.63, 3.8) is 0 Å². The fourth-order valence-corrected chi connectivity index (χ4v) is 3.16. The number of rotatable bonds is 1. The van der Waals surface area contributed by atoms with Crippen LogP contribution in [0.3, 0.4) is 0 Å². The third-order valence-electron chi connectivity index (χ3n) is 3.70. The highest BCUT2D eigenvalue weighted by Gasteiger charge is 2.08. The van der Waals surface area contributed by atoms with Gasteiger partial charge >= 0.3 is 0 Å². The van der Waals surface area contributed by atoms with E-state index in [0.717, 1.165) is 30.6 Å². The van der Waals surface area contributed by atoms with Gasteiger partial charge in [-0.1, -0.05) is 36.4 Å². The lowest BCUT2D eigenvalue weighted by Gasteiger charge is -2.12. The van der Waals surface area contributed by atoms with Gasteiger partial charge in [0.1, 0.15) is 5.40 Å². The maximum Gasteiger partial charge on any atom is 0.138 e. The van der Waals surface area contributed by atoms with Crippen LogP contribution < -0.4 is 0 Å². The van der Waals surface area contributed by atoms with Crippen molar-refractivity contribution in [3.8, 4) is 5.40 Å². The van der Waals surface area contributed by atoms with Gasteiger partial charge in [-0.05, 0) is 65.8 Å². The summed E-state index contributed by atoms with van der Waals surface area (Å²) in [7, 11) is 0. The van der Waals surface area contributed by atoms with E-state index in [1.54, 1.807) is 0 Å². The van der Waals surface area contributed by atoms with Gasteiger partial charge in [0, 0.05) is 4.90 Å². The normalized spacial score (nSPS) is 13.6. The van der Waals surface area contributed by atoms with Gasteiger partial charge in [-0.2, -0.15) is 5.26 Å². The minimum Gasteiger partial charge on any atom is -0.185 e. The summed E-state index contributed by atoms with van der Waals surface area (Å²) in [6.07, 6.45) is 4.15. The van der Waals surface area contributed by atoms with E-state index >= 15 is 0 Å². The summed E-state index contributed by atoms with van der Waals surface area (Å²) in [4.78, 5) is 1.13. The Morgan fingerprint density at radius 3 is 2.05 bits per heavy atom. The maximum absolute atomic E-state index is 8.93. The summed E-state index contributed by atoms with van der Waals surface area (Å²) >= 11 is 1.29. The topological polar surface area (TPSA) is 23.8 Å². The monoisotopic (exact) mass is 265 g/mol. The number of nitrogens with zero attached hydrogens (tertiary/aromatic N) is 1. The Hall–Kier alpha value is -1.72. The van der Waals surface area contributed by atoms with Crippen LogP contribution in [0, 0.1) is 10.7 Å². The summed E-state index contributed by atoms with van der Waals surface area (Å²) in [5.41, 5.74) is 5.38. The highest BCUT2D eigenvalue weighted by molar-refractivity contribution is 8.03. The van der Waals surface area contributed by atoms with E-state index in [0.29, 0.717) is 0 Å². The van der Waals surface area contributed by atoms with Crippen LogP contribution >= 0.6 is 11.8 Å². The predicted octanol–water partition coefficient (Wildman–Crippen LogP) is 4.14. The molecule has 0 atom stereocenters. The largest absolute Gasteiger partial charge is 0.185 e. The lowest BCUT2D eigenvalue weighted by atomic mass is 9.97. The van der Waals surface area contributed by atoms with Crippen molar-refractivity contribution >= 4 is 11.8 Å². The van der Waals surface area contributed by atoms with Crippen molar-refractivity contribution in [1.29, 1.82) is 5.26 Å². The van der Waals surface area contributed by atoms with E-state index in [1.165, 1.54) is 34.0 Å². The molecule has 0 aromatic heterocycles. The quantitative estimate of drug-likeness (QED) is 0.571. The lowest BCUT2D eigenvalue weighted by Crippen LogP contribution is -1.99. The summed E-state index contributed by atoms with van der Waals surface area (Å²) in [5.74, 6) is 0. The van der Waals surface area contributed by atoms with Crippen LogP contribution in [0.15, 0.2) is 47.4 Å². The first-order valence-electron chi connectivity index (χ1n) is 6.61. The Balaban J connectivity index is 1.99. The molecule has 6 rings (SSSR count). The lowest BCUT2D eigenvalue weighted by molar-refractivity contribution is 0.900. The average Bonchev–Trinajstić information content (AvgIpc) is 2.43. The van der Waals surface area contributed by atoms with Crippen LogP contribution in [0.1, 0.15) is 22.3 Å².